The molecule has 1 unspecified atom stereocenters. The van der Waals surface area contributed by atoms with E-state index in [9.17, 15) is 8.76 Å². The van der Waals surface area contributed by atoms with Gasteiger partial charge in [0.1, 0.15) is 0 Å². The van der Waals surface area contributed by atoms with Crippen molar-refractivity contribution < 1.29 is 13.5 Å². The molecule has 1 N–H and O–H groups in total. The normalized spacial score (nSPS) is 12.3. The van der Waals surface area contributed by atoms with Crippen LogP contribution in [0, 0.1) is 6.92 Å². The van der Waals surface area contributed by atoms with E-state index in [4.69, 9.17) is 4.74 Å². The largest absolute Gasteiger partial charge is 0.755 e. The van der Waals surface area contributed by atoms with Crippen molar-refractivity contribution in [1.82, 2.24) is 19.3 Å². The van der Waals surface area contributed by atoms with E-state index < -0.39 is 11.3 Å². The Morgan fingerprint density at radius 1 is 1.24 bits per heavy atom. The highest BCUT2D eigenvalue weighted by atomic mass is 32.2. The number of hydrogen-bond donors (Lipinski definition) is 1. The first kappa shape index (κ1) is 19.2. The number of ether oxygens (including phenoxy) is 1. The lowest BCUT2D eigenvalue weighted by atomic mass is 10.1. The van der Waals surface area contributed by atoms with E-state index in [1.54, 1.807) is 23.9 Å². The van der Waals surface area contributed by atoms with Gasteiger partial charge in [-0.15, -0.1) is 0 Å². The van der Waals surface area contributed by atoms with Crippen molar-refractivity contribution in [3.63, 3.8) is 0 Å². The van der Waals surface area contributed by atoms with E-state index in [0.717, 1.165) is 33.3 Å². The van der Waals surface area contributed by atoms with Gasteiger partial charge in [-0.05, 0) is 36.2 Å². The van der Waals surface area contributed by atoms with Gasteiger partial charge in [-0.3, -0.25) is 8.89 Å². The summed E-state index contributed by atoms with van der Waals surface area (Å²) in [7, 11) is 3.48. The molecular formula is C20H20N5O3S-. The minimum atomic E-state index is -2.34. The smallest absolute Gasteiger partial charge is 0.224 e. The van der Waals surface area contributed by atoms with Crippen molar-refractivity contribution in [3.05, 3.63) is 60.0 Å². The van der Waals surface area contributed by atoms with Crippen molar-refractivity contribution in [2.75, 3.05) is 11.8 Å². The predicted octanol–water partition coefficient (Wildman–Crippen LogP) is 3.01. The number of nitrogens with zero attached hydrogens (tertiary/aromatic N) is 4. The van der Waals surface area contributed by atoms with Gasteiger partial charge in [0.2, 0.25) is 5.88 Å². The molecule has 29 heavy (non-hydrogen) atoms. The number of aryl methyl sites for hydroxylation is 2. The van der Waals surface area contributed by atoms with Crippen molar-refractivity contribution in [2.24, 2.45) is 7.05 Å². The van der Waals surface area contributed by atoms with Crippen molar-refractivity contribution in [2.45, 2.75) is 13.5 Å². The molecule has 0 saturated carbocycles. The molecule has 0 amide bonds. The highest BCUT2D eigenvalue weighted by Gasteiger charge is 2.19. The Balaban J connectivity index is 1.81. The fourth-order valence-corrected chi connectivity index (χ4v) is 3.80. The molecule has 0 bridgehead atoms. The van der Waals surface area contributed by atoms with Gasteiger partial charge in [0.05, 0.1) is 23.9 Å². The first-order valence-corrected chi connectivity index (χ1v) is 10.0. The minimum absolute atomic E-state index is 0.521. The standard InChI is InChI=1S/C20H21N5O3S/c1-13-11-25(12-14-4-6-15(7-5-14)23-29(26)27)19-16(13)10-21-20(28-3)18(19)17-8-9-24(2)22-17/h4-11,23H,12H2,1-3H3,(H,26,27)/p-1. The number of aromatic nitrogens is 4. The Bertz CT molecular complexity index is 1200. The summed E-state index contributed by atoms with van der Waals surface area (Å²) in [5, 5.41) is 5.59. The molecule has 0 spiro atoms. The third kappa shape index (κ3) is 3.74. The zero-order chi connectivity index (χ0) is 20.5. The molecule has 4 aromatic rings. The topological polar surface area (TPSA) is 97.0 Å². The lowest BCUT2D eigenvalue weighted by molar-refractivity contribution is 0.400. The second kappa shape index (κ2) is 7.69. The van der Waals surface area contributed by atoms with E-state index >= 15 is 0 Å². The maximum Gasteiger partial charge on any atom is 0.224 e. The second-order valence-electron chi connectivity index (χ2n) is 6.75. The van der Waals surface area contributed by atoms with Crippen LogP contribution >= 0.6 is 0 Å². The highest BCUT2D eigenvalue weighted by Crippen LogP contribution is 2.36. The first-order chi connectivity index (χ1) is 14.0. The monoisotopic (exact) mass is 410 g/mol. The summed E-state index contributed by atoms with van der Waals surface area (Å²) in [4.78, 5) is 4.48. The van der Waals surface area contributed by atoms with Crippen LogP contribution in [-0.2, 0) is 24.9 Å². The van der Waals surface area contributed by atoms with E-state index in [2.05, 4.69) is 25.6 Å². The molecule has 4 rings (SSSR count). The molecule has 0 aliphatic rings. The lowest BCUT2D eigenvalue weighted by Crippen LogP contribution is -2.03. The van der Waals surface area contributed by atoms with Gasteiger partial charge in [0, 0.05) is 54.5 Å². The van der Waals surface area contributed by atoms with Crippen molar-refractivity contribution in [1.29, 1.82) is 0 Å². The van der Waals surface area contributed by atoms with Gasteiger partial charge in [-0.2, -0.15) is 5.10 Å². The zero-order valence-electron chi connectivity index (χ0n) is 16.2. The van der Waals surface area contributed by atoms with E-state index in [1.165, 1.54) is 0 Å². The Labute approximate surface area is 170 Å². The van der Waals surface area contributed by atoms with Crippen LogP contribution in [0.4, 0.5) is 5.69 Å². The average molecular weight is 410 g/mol. The van der Waals surface area contributed by atoms with E-state index in [-0.39, 0.29) is 0 Å². The summed E-state index contributed by atoms with van der Waals surface area (Å²) >= 11 is -2.34. The van der Waals surface area contributed by atoms with Crippen LogP contribution in [0.2, 0.25) is 0 Å². The van der Waals surface area contributed by atoms with Gasteiger partial charge in [-0.1, -0.05) is 12.1 Å². The molecule has 3 heterocycles. The zero-order valence-corrected chi connectivity index (χ0v) is 17.1. The van der Waals surface area contributed by atoms with Crippen LogP contribution in [0.15, 0.2) is 48.9 Å². The van der Waals surface area contributed by atoms with E-state index in [1.807, 2.05) is 44.6 Å². The maximum absolute atomic E-state index is 10.8. The second-order valence-corrected chi connectivity index (χ2v) is 7.43. The molecule has 0 radical (unpaired) electrons. The number of anilines is 1. The number of benzene rings is 1. The fraction of sp³-hybridized carbons (Fsp3) is 0.200. The molecule has 0 aliphatic heterocycles. The summed E-state index contributed by atoms with van der Waals surface area (Å²) in [5.41, 5.74) is 5.30. The number of pyridine rings is 1. The van der Waals surface area contributed by atoms with Crippen LogP contribution in [-0.4, -0.2) is 35.2 Å². The molecule has 0 saturated heterocycles. The lowest BCUT2D eigenvalue weighted by Gasteiger charge is -2.13. The number of nitrogens with one attached hydrogen (secondary N) is 1. The Morgan fingerprint density at radius 2 is 2.00 bits per heavy atom. The van der Waals surface area contributed by atoms with Crippen LogP contribution in [0.3, 0.4) is 0 Å². The molecular weight excluding hydrogens is 390 g/mol. The molecule has 0 fully saturated rings. The number of methoxy groups -OCH3 is 1. The molecule has 3 aromatic heterocycles. The van der Waals surface area contributed by atoms with Crippen LogP contribution in [0.5, 0.6) is 5.88 Å². The summed E-state index contributed by atoms with van der Waals surface area (Å²) in [5.74, 6) is 0.521. The average Bonchev–Trinajstić information content (AvgIpc) is 3.26. The van der Waals surface area contributed by atoms with Gasteiger partial charge in [0.15, 0.2) is 0 Å². The third-order valence-corrected chi connectivity index (χ3v) is 5.15. The Morgan fingerprint density at radius 3 is 2.62 bits per heavy atom. The molecule has 8 nitrogen and oxygen atoms in total. The van der Waals surface area contributed by atoms with Crippen molar-refractivity contribution in [3.8, 4) is 17.1 Å². The number of fused-ring (bicyclic) bond motifs is 1. The van der Waals surface area contributed by atoms with E-state index in [0.29, 0.717) is 18.1 Å². The number of rotatable bonds is 6. The van der Waals surface area contributed by atoms with Gasteiger partial charge >= 0.3 is 0 Å². The van der Waals surface area contributed by atoms with Crippen LogP contribution in [0.25, 0.3) is 22.2 Å². The summed E-state index contributed by atoms with van der Waals surface area (Å²) in [6, 6.07) is 9.22. The SMILES string of the molecule is COc1ncc2c(C)cn(Cc3ccc(NS(=O)[O-])cc3)c2c1-c1ccn(C)n1. The van der Waals surface area contributed by atoms with Crippen LogP contribution in [0.1, 0.15) is 11.1 Å². The minimum Gasteiger partial charge on any atom is -0.755 e. The molecule has 1 atom stereocenters. The number of hydrogen-bond acceptors (Lipinski definition) is 5. The molecule has 0 aliphatic carbocycles. The maximum atomic E-state index is 10.8. The predicted molar refractivity (Wildman–Crippen MR) is 111 cm³/mol. The summed E-state index contributed by atoms with van der Waals surface area (Å²) in [6.07, 6.45) is 5.79. The summed E-state index contributed by atoms with van der Waals surface area (Å²) < 4.78 is 33.4. The van der Waals surface area contributed by atoms with Crippen LogP contribution < -0.4 is 9.46 Å². The molecule has 9 heteroatoms. The molecule has 150 valence electrons. The van der Waals surface area contributed by atoms with Gasteiger partial charge < -0.3 is 18.6 Å². The Kier molecular flexibility index (Phi) is 5.08. The van der Waals surface area contributed by atoms with Gasteiger partial charge in [-0.25, -0.2) is 4.98 Å². The quantitative estimate of drug-likeness (QED) is 0.493. The molecule has 1 aromatic carbocycles. The highest BCUT2D eigenvalue weighted by molar-refractivity contribution is 7.80. The van der Waals surface area contributed by atoms with Crippen molar-refractivity contribution >= 4 is 27.9 Å². The first-order valence-electron chi connectivity index (χ1n) is 8.93. The fourth-order valence-electron chi connectivity index (χ4n) is 3.47. The van der Waals surface area contributed by atoms with Gasteiger partial charge in [0.25, 0.3) is 0 Å². The Hall–Kier alpha value is -3.17. The third-order valence-electron chi connectivity index (χ3n) is 4.75. The summed E-state index contributed by atoms with van der Waals surface area (Å²) in [6.45, 7) is 2.66.